The molecule has 2 aromatic rings. The molecule has 25 heavy (non-hydrogen) atoms. The van der Waals surface area contributed by atoms with Gasteiger partial charge in [0.25, 0.3) is 0 Å². The summed E-state index contributed by atoms with van der Waals surface area (Å²) in [5.41, 5.74) is 2.13. The quantitative estimate of drug-likeness (QED) is 0.767. The topological polar surface area (TPSA) is 68.2 Å². The number of carbonyl (C=O) groups is 1. The smallest absolute Gasteiger partial charge is 0.142 e. The van der Waals surface area contributed by atoms with Crippen LogP contribution in [0.15, 0.2) is 53.6 Å². The fourth-order valence-electron chi connectivity index (χ4n) is 2.80. The summed E-state index contributed by atoms with van der Waals surface area (Å²) in [6.45, 7) is 3.35. The number of nitrogens with zero attached hydrogens (tertiary/aromatic N) is 3. The van der Waals surface area contributed by atoms with Crippen LogP contribution in [0, 0.1) is 0 Å². The first-order valence-electron chi connectivity index (χ1n) is 8.15. The van der Waals surface area contributed by atoms with Gasteiger partial charge in [0, 0.05) is 13.1 Å². The van der Waals surface area contributed by atoms with Crippen LogP contribution in [0.3, 0.4) is 0 Å². The van der Waals surface area contributed by atoms with Crippen LogP contribution in [0.25, 0.3) is 0 Å². The van der Waals surface area contributed by atoms with Gasteiger partial charge in [-0.25, -0.2) is 0 Å². The summed E-state index contributed by atoms with van der Waals surface area (Å²) in [4.78, 5) is 13.0. The van der Waals surface area contributed by atoms with Crippen molar-refractivity contribution in [3.05, 3.63) is 59.7 Å². The van der Waals surface area contributed by atoms with Crippen LogP contribution in [0.1, 0.15) is 15.9 Å². The molecule has 130 valence electrons. The maximum atomic E-state index is 10.7. The predicted molar refractivity (Wildman–Crippen MR) is 95.1 cm³/mol. The van der Waals surface area contributed by atoms with E-state index in [4.69, 9.17) is 4.74 Å². The zero-order valence-electron chi connectivity index (χ0n) is 14.1. The monoisotopic (exact) mass is 338 g/mol. The zero-order valence-corrected chi connectivity index (χ0v) is 14.1. The largest absolute Gasteiger partial charge is 0.545 e. The molecule has 0 saturated carbocycles. The molecule has 6 heteroatoms. The molecule has 0 amide bonds. The van der Waals surface area contributed by atoms with Crippen LogP contribution < -0.4 is 14.7 Å². The van der Waals surface area contributed by atoms with Gasteiger partial charge in [-0.2, -0.15) is 5.10 Å². The molecule has 1 saturated heterocycles. The Morgan fingerprint density at radius 2 is 1.76 bits per heavy atom. The molecular formula is C19H20N3O3-. The Balaban J connectivity index is 1.58. The lowest BCUT2D eigenvalue weighted by Crippen LogP contribution is -2.44. The Morgan fingerprint density at radius 1 is 1.08 bits per heavy atom. The second kappa shape index (κ2) is 7.70. The van der Waals surface area contributed by atoms with Crippen LogP contribution in [-0.2, 0) is 0 Å². The van der Waals surface area contributed by atoms with Crippen molar-refractivity contribution in [1.82, 2.24) is 5.01 Å². The van der Waals surface area contributed by atoms with Crippen LogP contribution in [0.5, 0.6) is 5.75 Å². The number of aromatic carboxylic acids is 1. The molecule has 0 aromatic heterocycles. The number of rotatable bonds is 5. The summed E-state index contributed by atoms with van der Waals surface area (Å²) in [7, 11) is 1.69. The van der Waals surface area contributed by atoms with Crippen molar-refractivity contribution in [1.29, 1.82) is 0 Å². The summed E-state index contributed by atoms with van der Waals surface area (Å²) in [5, 5.41) is 17.2. The lowest BCUT2D eigenvalue weighted by Gasteiger charge is -2.35. The van der Waals surface area contributed by atoms with Crippen molar-refractivity contribution in [3.8, 4) is 5.75 Å². The maximum absolute atomic E-state index is 10.7. The SMILES string of the molecule is COc1ccccc1N1CCN(/N=C\c2ccc(C(=O)[O-])cc2)CC1. The molecule has 1 aliphatic heterocycles. The van der Waals surface area contributed by atoms with Gasteiger partial charge in [-0.15, -0.1) is 0 Å². The molecule has 3 rings (SSSR count). The summed E-state index contributed by atoms with van der Waals surface area (Å²) >= 11 is 0. The number of carbonyl (C=O) groups excluding carboxylic acids is 1. The van der Waals surface area contributed by atoms with Crippen molar-refractivity contribution >= 4 is 17.9 Å². The number of anilines is 1. The van der Waals surface area contributed by atoms with Crippen LogP contribution in [0.2, 0.25) is 0 Å². The van der Waals surface area contributed by atoms with Crippen molar-refractivity contribution in [2.75, 3.05) is 38.2 Å². The highest BCUT2D eigenvalue weighted by Crippen LogP contribution is 2.28. The molecular weight excluding hydrogens is 318 g/mol. The minimum atomic E-state index is -1.17. The van der Waals surface area contributed by atoms with Gasteiger partial charge in [0.1, 0.15) is 5.75 Å². The van der Waals surface area contributed by atoms with Gasteiger partial charge in [0.2, 0.25) is 0 Å². The van der Waals surface area contributed by atoms with E-state index in [0.717, 1.165) is 43.2 Å². The lowest BCUT2D eigenvalue weighted by molar-refractivity contribution is -0.255. The fourth-order valence-corrected chi connectivity index (χ4v) is 2.80. The molecule has 1 heterocycles. The molecule has 0 spiro atoms. The molecule has 0 aliphatic carbocycles. The molecule has 1 aliphatic rings. The van der Waals surface area contributed by atoms with E-state index in [1.54, 1.807) is 25.5 Å². The number of carboxylic acids is 1. The van der Waals surface area contributed by atoms with Gasteiger partial charge in [-0.3, -0.25) is 5.01 Å². The first-order valence-corrected chi connectivity index (χ1v) is 8.15. The molecule has 0 N–H and O–H groups in total. The Bertz CT molecular complexity index is 751. The minimum Gasteiger partial charge on any atom is -0.545 e. The molecule has 2 aromatic carbocycles. The Kier molecular flexibility index (Phi) is 5.18. The summed E-state index contributed by atoms with van der Waals surface area (Å²) in [6.07, 6.45) is 1.75. The normalized spacial score (nSPS) is 14.8. The number of hydrazone groups is 1. The van der Waals surface area contributed by atoms with Crippen LogP contribution >= 0.6 is 0 Å². The summed E-state index contributed by atoms with van der Waals surface area (Å²) in [5.74, 6) is -0.289. The van der Waals surface area contributed by atoms with E-state index in [1.807, 2.05) is 23.2 Å². The summed E-state index contributed by atoms with van der Waals surface area (Å²) in [6, 6.07) is 14.5. The van der Waals surface area contributed by atoms with Crippen molar-refractivity contribution in [2.45, 2.75) is 0 Å². The number of piperazine rings is 1. The number of hydrogen-bond acceptors (Lipinski definition) is 6. The van der Waals surface area contributed by atoms with Crippen molar-refractivity contribution in [3.63, 3.8) is 0 Å². The van der Waals surface area contributed by atoms with Gasteiger partial charge < -0.3 is 19.5 Å². The van der Waals surface area contributed by atoms with Crippen LogP contribution in [0.4, 0.5) is 5.69 Å². The van der Waals surface area contributed by atoms with E-state index in [2.05, 4.69) is 16.1 Å². The van der Waals surface area contributed by atoms with Gasteiger partial charge >= 0.3 is 0 Å². The first kappa shape index (κ1) is 16.8. The third-order valence-corrected chi connectivity index (χ3v) is 4.20. The highest BCUT2D eigenvalue weighted by molar-refractivity contribution is 5.87. The average molecular weight is 338 g/mol. The lowest BCUT2D eigenvalue weighted by atomic mass is 10.1. The van der Waals surface area contributed by atoms with Gasteiger partial charge in [-0.1, -0.05) is 36.4 Å². The van der Waals surface area contributed by atoms with E-state index in [9.17, 15) is 9.90 Å². The highest BCUT2D eigenvalue weighted by atomic mass is 16.5. The third-order valence-electron chi connectivity index (χ3n) is 4.20. The first-order chi connectivity index (χ1) is 12.2. The predicted octanol–water partition coefficient (Wildman–Crippen LogP) is 1.21. The van der Waals surface area contributed by atoms with Gasteiger partial charge in [0.05, 0.1) is 38.1 Å². The van der Waals surface area contributed by atoms with Crippen molar-refractivity contribution in [2.24, 2.45) is 5.10 Å². The number of para-hydroxylation sites is 2. The number of ether oxygens (including phenoxy) is 1. The molecule has 0 radical (unpaired) electrons. The zero-order chi connectivity index (χ0) is 17.6. The van der Waals surface area contributed by atoms with E-state index in [1.165, 1.54) is 12.1 Å². The number of benzene rings is 2. The molecule has 1 fully saturated rings. The van der Waals surface area contributed by atoms with Crippen LogP contribution in [-0.4, -0.2) is 50.5 Å². The standard InChI is InChI=1S/C19H21N3O3/c1-25-18-5-3-2-4-17(18)21-10-12-22(13-11-21)20-14-15-6-8-16(9-7-15)19(23)24/h2-9,14H,10-13H2,1H3,(H,23,24)/p-1/b20-14-. The van der Waals surface area contributed by atoms with E-state index >= 15 is 0 Å². The van der Waals surface area contributed by atoms with Gasteiger partial charge in [0.15, 0.2) is 0 Å². The highest BCUT2D eigenvalue weighted by Gasteiger charge is 2.18. The fraction of sp³-hybridized carbons (Fsp3) is 0.263. The molecule has 0 atom stereocenters. The molecule has 0 bridgehead atoms. The van der Waals surface area contributed by atoms with E-state index in [0.29, 0.717) is 0 Å². The number of hydrogen-bond donors (Lipinski definition) is 0. The molecule has 0 unspecified atom stereocenters. The molecule has 6 nitrogen and oxygen atoms in total. The number of methoxy groups -OCH3 is 1. The third kappa shape index (κ3) is 4.09. The summed E-state index contributed by atoms with van der Waals surface area (Å²) < 4.78 is 5.43. The Labute approximate surface area is 146 Å². The second-order valence-corrected chi connectivity index (χ2v) is 5.77. The minimum absolute atomic E-state index is 0.169. The number of carboxylic acid groups (broad SMARTS) is 1. The van der Waals surface area contributed by atoms with Crippen molar-refractivity contribution < 1.29 is 14.6 Å². The second-order valence-electron chi connectivity index (χ2n) is 5.77. The Morgan fingerprint density at radius 3 is 2.40 bits per heavy atom. The Hall–Kier alpha value is -3.02. The maximum Gasteiger partial charge on any atom is 0.142 e. The average Bonchev–Trinajstić information content (AvgIpc) is 2.67. The van der Waals surface area contributed by atoms with E-state index < -0.39 is 5.97 Å². The van der Waals surface area contributed by atoms with Gasteiger partial charge in [-0.05, 0) is 23.3 Å². The van der Waals surface area contributed by atoms with E-state index in [-0.39, 0.29) is 5.56 Å².